The van der Waals surface area contributed by atoms with Crippen LogP contribution >= 0.6 is 0 Å². The van der Waals surface area contributed by atoms with Gasteiger partial charge in [-0.25, -0.2) is 9.36 Å². The molecule has 166 valence electrons. The zero-order valence-corrected chi connectivity index (χ0v) is 18.5. The van der Waals surface area contributed by atoms with E-state index in [0.717, 1.165) is 33.4 Å². The summed E-state index contributed by atoms with van der Waals surface area (Å²) in [5.74, 6) is 1.39. The summed E-state index contributed by atoms with van der Waals surface area (Å²) in [6.45, 7) is 8.73. The molecule has 5 rings (SSSR count). The Kier molecular flexibility index (Phi) is 5.85. The molecule has 0 fully saturated rings. The minimum absolute atomic E-state index is 0.574. The molecule has 0 bridgehead atoms. The Bertz CT molecular complexity index is 1300. The summed E-state index contributed by atoms with van der Waals surface area (Å²) in [5, 5.41) is 24.6. The molecular formula is C26H22N8. The molecule has 0 saturated carbocycles. The van der Waals surface area contributed by atoms with Gasteiger partial charge in [0.2, 0.25) is 0 Å². The number of hydrogen-bond acceptors (Lipinski definition) is 6. The molecule has 34 heavy (non-hydrogen) atoms. The molecular weight excluding hydrogens is 424 g/mol. The third kappa shape index (κ3) is 4.42. The molecule has 3 aromatic carbocycles. The van der Waals surface area contributed by atoms with Crippen LogP contribution in [0, 0.1) is 0 Å². The third-order valence-electron chi connectivity index (χ3n) is 5.56. The number of benzene rings is 3. The number of tetrazole rings is 2. The van der Waals surface area contributed by atoms with Gasteiger partial charge in [0, 0.05) is 11.1 Å². The molecule has 0 aliphatic carbocycles. The lowest BCUT2D eigenvalue weighted by Crippen LogP contribution is -2.05. The molecule has 0 amide bonds. The summed E-state index contributed by atoms with van der Waals surface area (Å²) in [4.78, 5) is 0. The highest BCUT2D eigenvalue weighted by Crippen LogP contribution is 2.23. The minimum atomic E-state index is 0.574. The molecule has 5 aromatic rings. The minimum Gasteiger partial charge on any atom is -0.221 e. The van der Waals surface area contributed by atoms with Crippen molar-refractivity contribution >= 4 is 12.2 Å². The second-order valence-electron chi connectivity index (χ2n) is 7.79. The Morgan fingerprint density at radius 1 is 0.559 bits per heavy atom. The number of hydrogen-bond donors (Lipinski definition) is 0. The monoisotopic (exact) mass is 446 g/mol. The molecule has 0 unspecified atom stereocenters. The van der Waals surface area contributed by atoms with Gasteiger partial charge in [0.15, 0.2) is 11.6 Å². The van der Waals surface area contributed by atoms with E-state index in [9.17, 15) is 0 Å². The number of nitrogens with zero attached hydrogens (tertiary/aromatic N) is 8. The Hall–Kier alpha value is -4.72. The van der Waals surface area contributed by atoms with E-state index >= 15 is 0 Å². The molecule has 0 radical (unpaired) electrons. The maximum Gasteiger partial charge on any atom is 0.182 e. The summed E-state index contributed by atoms with van der Waals surface area (Å²) in [6, 6.07) is 24.2. The molecule has 0 spiro atoms. The molecule has 0 aliphatic rings. The van der Waals surface area contributed by atoms with Gasteiger partial charge in [-0.2, -0.15) is 0 Å². The molecule has 0 saturated heterocycles. The van der Waals surface area contributed by atoms with E-state index in [2.05, 4.69) is 68.5 Å². The molecule has 2 heterocycles. The van der Waals surface area contributed by atoms with E-state index in [4.69, 9.17) is 0 Å². The Balaban J connectivity index is 1.35. The van der Waals surface area contributed by atoms with E-state index in [-0.39, 0.29) is 0 Å². The second-order valence-corrected chi connectivity index (χ2v) is 7.79. The quantitative estimate of drug-likeness (QED) is 0.352. The van der Waals surface area contributed by atoms with E-state index in [1.165, 1.54) is 0 Å². The fourth-order valence-electron chi connectivity index (χ4n) is 3.67. The van der Waals surface area contributed by atoms with Crippen molar-refractivity contribution in [1.29, 1.82) is 0 Å². The maximum atomic E-state index is 4.23. The molecule has 0 atom stereocenters. The maximum absolute atomic E-state index is 4.23. The van der Waals surface area contributed by atoms with Gasteiger partial charge in [0.05, 0.1) is 13.1 Å². The zero-order valence-electron chi connectivity index (χ0n) is 18.5. The van der Waals surface area contributed by atoms with Crippen molar-refractivity contribution in [3.8, 4) is 22.8 Å². The van der Waals surface area contributed by atoms with Crippen LogP contribution in [0.25, 0.3) is 34.9 Å². The highest BCUT2D eigenvalue weighted by molar-refractivity contribution is 5.63. The van der Waals surface area contributed by atoms with E-state index in [1.54, 1.807) is 9.36 Å². The SMILES string of the molecule is C=Cc1ccc(Cn2nnnc2-c2ccc(-c3nnnn3Cc3ccc(C=C)cc3)cc2)cc1. The average molecular weight is 447 g/mol. The summed E-state index contributed by atoms with van der Waals surface area (Å²) >= 11 is 0. The van der Waals surface area contributed by atoms with Crippen LogP contribution in [0.3, 0.4) is 0 Å². The topological polar surface area (TPSA) is 87.2 Å². The van der Waals surface area contributed by atoms with Crippen LogP contribution in [-0.2, 0) is 13.1 Å². The largest absolute Gasteiger partial charge is 0.221 e. The van der Waals surface area contributed by atoms with Crippen LogP contribution in [0.4, 0.5) is 0 Å². The molecule has 0 N–H and O–H groups in total. The molecule has 8 heteroatoms. The van der Waals surface area contributed by atoms with Gasteiger partial charge < -0.3 is 0 Å². The first-order valence-corrected chi connectivity index (χ1v) is 10.8. The number of rotatable bonds is 8. The van der Waals surface area contributed by atoms with Crippen molar-refractivity contribution in [2.24, 2.45) is 0 Å². The van der Waals surface area contributed by atoms with Gasteiger partial charge in [0.25, 0.3) is 0 Å². The Morgan fingerprint density at radius 3 is 1.29 bits per heavy atom. The fourth-order valence-corrected chi connectivity index (χ4v) is 3.67. The van der Waals surface area contributed by atoms with Crippen LogP contribution in [0.5, 0.6) is 0 Å². The second kappa shape index (κ2) is 9.41. The summed E-state index contributed by atoms with van der Waals surface area (Å²) in [7, 11) is 0. The van der Waals surface area contributed by atoms with Crippen molar-refractivity contribution < 1.29 is 0 Å². The van der Waals surface area contributed by atoms with E-state index in [1.807, 2.05) is 60.7 Å². The first kappa shape index (κ1) is 21.1. The highest BCUT2D eigenvalue weighted by atomic mass is 15.5. The first-order valence-electron chi connectivity index (χ1n) is 10.8. The normalized spacial score (nSPS) is 10.8. The lowest BCUT2D eigenvalue weighted by Gasteiger charge is -2.08. The van der Waals surface area contributed by atoms with Gasteiger partial charge in [-0.3, -0.25) is 0 Å². The van der Waals surface area contributed by atoms with Crippen LogP contribution in [0.15, 0.2) is 86.0 Å². The highest BCUT2D eigenvalue weighted by Gasteiger charge is 2.13. The van der Waals surface area contributed by atoms with Gasteiger partial charge >= 0.3 is 0 Å². The first-order chi connectivity index (χ1) is 16.7. The standard InChI is InChI=1S/C26H22N8/c1-3-19-5-9-21(10-6-19)17-33-25(27-29-31-33)23-13-15-24(16-14-23)26-28-30-32-34(26)18-22-11-7-20(4-2)8-12-22/h3-16H,1-2,17-18H2. The Morgan fingerprint density at radius 2 is 0.941 bits per heavy atom. The van der Waals surface area contributed by atoms with Crippen molar-refractivity contribution in [3.05, 3.63) is 108 Å². The summed E-state index contributed by atoms with van der Waals surface area (Å²) in [5.41, 5.74) is 6.19. The lowest BCUT2D eigenvalue weighted by molar-refractivity contribution is 0.652. The van der Waals surface area contributed by atoms with E-state index in [0.29, 0.717) is 24.7 Å². The third-order valence-corrected chi connectivity index (χ3v) is 5.56. The van der Waals surface area contributed by atoms with Crippen molar-refractivity contribution in [2.75, 3.05) is 0 Å². The number of aromatic nitrogens is 8. The van der Waals surface area contributed by atoms with Gasteiger partial charge in [-0.1, -0.05) is 98.1 Å². The van der Waals surface area contributed by atoms with Gasteiger partial charge in [-0.15, -0.1) is 10.2 Å². The van der Waals surface area contributed by atoms with Crippen LogP contribution in [0.1, 0.15) is 22.3 Å². The van der Waals surface area contributed by atoms with Crippen LogP contribution < -0.4 is 0 Å². The molecule has 2 aromatic heterocycles. The van der Waals surface area contributed by atoms with Gasteiger partial charge in [0.1, 0.15) is 0 Å². The van der Waals surface area contributed by atoms with Gasteiger partial charge in [-0.05, 0) is 43.1 Å². The predicted octanol–water partition coefficient (Wildman–Crippen LogP) is 4.38. The Labute approximate surface area is 196 Å². The smallest absolute Gasteiger partial charge is 0.182 e. The van der Waals surface area contributed by atoms with Crippen molar-refractivity contribution in [3.63, 3.8) is 0 Å². The molecule has 0 aliphatic heterocycles. The summed E-state index contributed by atoms with van der Waals surface area (Å²) in [6.07, 6.45) is 3.64. The summed E-state index contributed by atoms with van der Waals surface area (Å²) < 4.78 is 3.57. The zero-order chi connectivity index (χ0) is 23.3. The van der Waals surface area contributed by atoms with Crippen molar-refractivity contribution in [2.45, 2.75) is 13.1 Å². The van der Waals surface area contributed by atoms with Crippen molar-refractivity contribution in [1.82, 2.24) is 40.4 Å². The lowest BCUT2D eigenvalue weighted by atomic mass is 10.1. The average Bonchev–Trinajstić information content (AvgIpc) is 3.55. The van der Waals surface area contributed by atoms with E-state index < -0.39 is 0 Å². The predicted molar refractivity (Wildman–Crippen MR) is 131 cm³/mol. The molecule has 8 nitrogen and oxygen atoms in total. The fraction of sp³-hybridized carbons (Fsp3) is 0.0769. The van der Waals surface area contributed by atoms with Crippen LogP contribution in [0.2, 0.25) is 0 Å². The van der Waals surface area contributed by atoms with Crippen LogP contribution in [-0.4, -0.2) is 40.4 Å².